The van der Waals surface area contributed by atoms with Crippen molar-refractivity contribution in [3.8, 4) is 0 Å². The zero-order valence-electron chi connectivity index (χ0n) is 13.9. The summed E-state index contributed by atoms with van der Waals surface area (Å²) in [6.07, 6.45) is 5.24. The van der Waals surface area contributed by atoms with E-state index in [4.69, 9.17) is 0 Å². The fourth-order valence-corrected chi connectivity index (χ4v) is 2.56. The highest BCUT2D eigenvalue weighted by Gasteiger charge is 2.34. The number of nitrogens with zero attached hydrogens (tertiary/aromatic N) is 2. The normalized spacial score (nSPS) is 15.6. The maximum atomic E-state index is 12.4. The molecule has 2 heterocycles. The molecule has 7 heteroatoms. The van der Waals surface area contributed by atoms with Gasteiger partial charge in [0.2, 0.25) is 5.91 Å². The molecular formula is C18H18N4O3. The Balaban J connectivity index is 1.68. The number of urea groups is 1. The van der Waals surface area contributed by atoms with Crippen LogP contribution in [0.2, 0.25) is 0 Å². The molecule has 2 N–H and O–H groups in total. The number of rotatable bonds is 4. The van der Waals surface area contributed by atoms with Crippen LogP contribution in [0.1, 0.15) is 11.1 Å². The second-order valence-electron chi connectivity index (χ2n) is 5.91. The molecule has 1 aliphatic rings. The molecule has 128 valence electrons. The number of carbonyl (C=O) groups excluding carboxylic acids is 3. The standard InChI is InChI=1S/C18H18N4O3/c1-12-4-3-5-14(8-12)19-16(23)11-22-17(24)15(20-18(22)25)9-13-6-7-21(2)10-13/h3-10H,11H2,1-2H3,(H,19,23)(H,20,25)/b15-9+. The SMILES string of the molecule is Cc1cccc(NC(=O)CN2C(=O)N/C(=C/c3ccn(C)c3)C2=O)c1. The van der Waals surface area contributed by atoms with Crippen LogP contribution in [-0.4, -0.2) is 33.9 Å². The first-order valence-corrected chi connectivity index (χ1v) is 7.75. The quantitative estimate of drug-likeness (QED) is 0.659. The Morgan fingerprint density at radius 2 is 2.08 bits per heavy atom. The fraction of sp³-hybridized carbons (Fsp3) is 0.167. The second kappa shape index (κ2) is 6.64. The molecule has 1 fully saturated rings. The molecule has 0 spiro atoms. The Morgan fingerprint density at radius 1 is 1.28 bits per heavy atom. The third kappa shape index (κ3) is 3.77. The summed E-state index contributed by atoms with van der Waals surface area (Å²) in [6.45, 7) is 1.57. The van der Waals surface area contributed by atoms with Gasteiger partial charge in [0.15, 0.2) is 0 Å². The highest BCUT2D eigenvalue weighted by atomic mass is 16.2. The molecule has 1 aromatic carbocycles. The van der Waals surface area contributed by atoms with Gasteiger partial charge >= 0.3 is 6.03 Å². The molecule has 7 nitrogen and oxygen atoms in total. The van der Waals surface area contributed by atoms with Crippen molar-refractivity contribution in [1.82, 2.24) is 14.8 Å². The van der Waals surface area contributed by atoms with E-state index in [0.717, 1.165) is 16.0 Å². The van der Waals surface area contributed by atoms with Crippen molar-refractivity contribution in [3.63, 3.8) is 0 Å². The molecule has 0 saturated carbocycles. The minimum absolute atomic E-state index is 0.152. The van der Waals surface area contributed by atoms with E-state index < -0.39 is 17.8 Å². The van der Waals surface area contributed by atoms with Crippen LogP contribution in [-0.2, 0) is 16.6 Å². The van der Waals surface area contributed by atoms with E-state index in [-0.39, 0.29) is 12.2 Å². The average Bonchev–Trinajstić information content (AvgIpc) is 3.06. The molecule has 1 aliphatic heterocycles. The lowest BCUT2D eigenvalue weighted by atomic mass is 10.2. The van der Waals surface area contributed by atoms with Gasteiger partial charge in [0, 0.05) is 25.1 Å². The number of anilines is 1. The molecule has 0 bridgehead atoms. The molecule has 25 heavy (non-hydrogen) atoms. The summed E-state index contributed by atoms with van der Waals surface area (Å²) < 4.78 is 1.83. The number of aromatic nitrogens is 1. The zero-order valence-corrected chi connectivity index (χ0v) is 13.9. The Bertz CT molecular complexity index is 882. The summed E-state index contributed by atoms with van der Waals surface area (Å²) >= 11 is 0. The number of hydrogen-bond acceptors (Lipinski definition) is 3. The Kier molecular flexibility index (Phi) is 4.38. The van der Waals surface area contributed by atoms with Gasteiger partial charge in [-0.05, 0) is 42.3 Å². The summed E-state index contributed by atoms with van der Waals surface area (Å²) in [5.41, 5.74) is 2.56. The number of imide groups is 1. The Labute approximate surface area is 144 Å². The summed E-state index contributed by atoms with van der Waals surface area (Å²) in [5.74, 6) is -0.955. The zero-order chi connectivity index (χ0) is 18.0. The minimum Gasteiger partial charge on any atom is -0.357 e. The first-order chi connectivity index (χ1) is 11.9. The molecule has 1 saturated heterocycles. The average molecular weight is 338 g/mol. The largest absolute Gasteiger partial charge is 0.357 e. The van der Waals surface area contributed by atoms with Crippen LogP contribution >= 0.6 is 0 Å². The summed E-state index contributed by atoms with van der Waals surface area (Å²) in [7, 11) is 1.86. The van der Waals surface area contributed by atoms with Crippen molar-refractivity contribution in [2.24, 2.45) is 7.05 Å². The Hall–Kier alpha value is -3.35. The van der Waals surface area contributed by atoms with Crippen molar-refractivity contribution in [3.05, 3.63) is 59.5 Å². The minimum atomic E-state index is -0.605. The van der Waals surface area contributed by atoms with E-state index in [1.807, 2.05) is 55.2 Å². The lowest BCUT2D eigenvalue weighted by Crippen LogP contribution is -2.38. The summed E-state index contributed by atoms with van der Waals surface area (Å²) in [6, 6.07) is 8.50. The Morgan fingerprint density at radius 3 is 2.76 bits per heavy atom. The lowest BCUT2D eigenvalue weighted by Gasteiger charge is -2.12. The van der Waals surface area contributed by atoms with Crippen molar-refractivity contribution < 1.29 is 14.4 Å². The van der Waals surface area contributed by atoms with Crippen LogP contribution < -0.4 is 10.6 Å². The van der Waals surface area contributed by atoms with Gasteiger partial charge in [-0.1, -0.05) is 12.1 Å². The van der Waals surface area contributed by atoms with E-state index in [2.05, 4.69) is 10.6 Å². The number of aryl methyl sites for hydroxylation is 2. The van der Waals surface area contributed by atoms with Crippen LogP contribution in [0.4, 0.5) is 10.5 Å². The maximum Gasteiger partial charge on any atom is 0.329 e. The summed E-state index contributed by atoms with van der Waals surface area (Å²) in [4.78, 5) is 37.4. The van der Waals surface area contributed by atoms with Gasteiger partial charge in [-0.3, -0.25) is 9.59 Å². The van der Waals surface area contributed by atoms with E-state index in [0.29, 0.717) is 5.69 Å². The van der Waals surface area contributed by atoms with Crippen molar-refractivity contribution in [1.29, 1.82) is 0 Å². The fourth-order valence-electron chi connectivity index (χ4n) is 2.56. The third-order valence-electron chi connectivity index (χ3n) is 3.73. The number of benzene rings is 1. The molecule has 0 radical (unpaired) electrons. The lowest BCUT2D eigenvalue weighted by molar-refractivity contribution is -0.127. The predicted molar refractivity (Wildman–Crippen MR) is 93.4 cm³/mol. The van der Waals surface area contributed by atoms with Crippen molar-refractivity contribution in [2.75, 3.05) is 11.9 Å². The van der Waals surface area contributed by atoms with Gasteiger partial charge in [0.25, 0.3) is 5.91 Å². The monoisotopic (exact) mass is 338 g/mol. The van der Waals surface area contributed by atoms with Gasteiger partial charge in [-0.25, -0.2) is 9.69 Å². The molecule has 4 amide bonds. The number of amides is 4. The number of nitrogens with one attached hydrogen (secondary N) is 2. The van der Waals surface area contributed by atoms with E-state index in [9.17, 15) is 14.4 Å². The van der Waals surface area contributed by atoms with Gasteiger partial charge in [0.1, 0.15) is 12.2 Å². The molecule has 3 rings (SSSR count). The highest BCUT2D eigenvalue weighted by molar-refractivity contribution is 6.15. The second-order valence-corrected chi connectivity index (χ2v) is 5.91. The van der Waals surface area contributed by atoms with E-state index in [1.54, 1.807) is 12.1 Å². The first kappa shape index (κ1) is 16.5. The smallest absolute Gasteiger partial charge is 0.329 e. The summed E-state index contributed by atoms with van der Waals surface area (Å²) in [5, 5.41) is 5.18. The highest BCUT2D eigenvalue weighted by Crippen LogP contribution is 2.15. The predicted octanol–water partition coefficient (Wildman–Crippen LogP) is 1.86. The van der Waals surface area contributed by atoms with Gasteiger partial charge in [-0.15, -0.1) is 0 Å². The van der Waals surface area contributed by atoms with Gasteiger partial charge in [0.05, 0.1) is 0 Å². The van der Waals surface area contributed by atoms with Gasteiger partial charge < -0.3 is 15.2 Å². The van der Waals surface area contributed by atoms with E-state index in [1.165, 1.54) is 0 Å². The van der Waals surface area contributed by atoms with Crippen LogP contribution in [0, 0.1) is 6.92 Å². The van der Waals surface area contributed by atoms with Crippen LogP contribution in [0.5, 0.6) is 0 Å². The molecule has 0 unspecified atom stereocenters. The molecule has 0 atom stereocenters. The maximum absolute atomic E-state index is 12.4. The molecular weight excluding hydrogens is 320 g/mol. The topological polar surface area (TPSA) is 83.4 Å². The van der Waals surface area contributed by atoms with Crippen molar-refractivity contribution >= 4 is 29.6 Å². The van der Waals surface area contributed by atoms with Crippen LogP contribution in [0.15, 0.2) is 48.4 Å². The number of hydrogen-bond donors (Lipinski definition) is 2. The molecule has 1 aromatic heterocycles. The van der Waals surface area contributed by atoms with Gasteiger partial charge in [-0.2, -0.15) is 0 Å². The third-order valence-corrected chi connectivity index (χ3v) is 3.73. The molecule has 0 aliphatic carbocycles. The molecule has 2 aromatic rings. The van der Waals surface area contributed by atoms with Crippen molar-refractivity contribution in [2.45, 2.75) is 6.92 Å². The first-order valence-electron chi connectivity index (χ1n) is 7.75. The number of carbonyl (C=O) groups is 3. The van der Waals surface area contributed by atoms with Crippen LogP contribution in [0.25, 0.3) is 6.08 Å². The van der Waals surface area contributed by atoms with Crippen LogP contribution in [0.3, 0.4) is 0 Å². The van der Waals surface area contributed by atoms with E-state index >= 15 is 0 Å².